The van der Waals surface area contributed by atoms with Crippen LogP contribution in [0.5, 0.6) is 0 Å². The molecule has 1 aromatic rings. The number of hydrogen-bond acceptors (Lipinski definition) is 2. The third-order valence-corrected chi connectivity index (χ3v) is 3.30. The van der Waals surface area contributed by atoms with Crippen LogP contribution < -0.4 is 5.32 Å². The van der Waals surface area contributed by atoms with Gasteiger partial charge in [0, 0.05) is 25.7 Å². The van der Waals surface area contributed by atoms with Gasteiger partial charge in [-0.25, -0.2) is 0 Å². The number of likely N-dealkylation sites (N-methyl/N-ethyl adjacent to an activating group) is 1. The van der Waals surface area contributed by atoms with Gasteiger partial charge in [-0.05, 0) is 32.0 Å². The molecular formula is C13H21ClN2. The molecule has 0 spiro atoms. The highest BCUT2D eigenvalue weighted by molar-refractivity contribution is 5.85. The van der Waals surface area contributed by atoms with E-state index in [1.54, 1.807) is 0 Å². The Kier molecular flexibility index (Phi) is 4.78. The van der Waals surface area contributed by atoms with Crippen molar-refractivity contribution in [3.05, 3.63) is 34.9 Å². The summed E-state index contributed by atoms with van der Waals surface area (Å²) in [5.74, 6) is 0. The maximum Gasteiger partial charge on any atom is 0.0345 e. The normalized spacial score (nSPS) is 15.8. The second kappa shape index (κ2) is 5.67. The van der Waals surface area contributed by atoms with Gasteiger partial charge in [0.25, 0.3) is 0 Å². The van der Waals surface area contributed by atoms with Crippen LogP contribution in [0.1, 0.15) is 16.7 Å². The van der Waals surface area contributed by atoms with Crippen molar-refractivity contribution < 1.29 is 0 Å². The third kappa shape index (κ3) is 2.97. The molecule has 90 valence electrons. The first kappa shape index (κ1) is 13.5. The minimum absolute atomic E-state index is 0. The summed E-state index contributed by atoms with van der Waals surface area (Å²) in [5.41, 5.74) is 4.22. The van der Waals surface area contributed by atoms with Gasteiger partial charge in [0.2, 0.25) is 0 Å². The van der Waals surface area contributed by atoms with E-state index >= 15 is 0 Å². The van der Waals surface area contributed by atoms with Gasteiger partial charge in [0.1, 0.15) is 0 Å². The second-order valence-corrected chi connectivity index (χ2v) is 4.66. The predicted molar refractivity (Wildman–Crippen MR) is 71.3 cm³/mol. The minimum Gasteiger partial charge on any atom is -0.314 e. The highest BCUT2D eigenvalue weighted by Crippen LogP contribution is 2.14. The molecule has 1 N–H and O–H groups in total. The van der Waals surface area contributed by atoms with Gasteiger partial charge in [-0.15, -0.1) is 12.4 Å². The van der Waals surface area contributed by atoms with E-state index in [1.807, 2.05) is 0 Å². The van der Waals surface area contributed by atoms with Crippen LogP contribution in [-0.2, 0) is 6.54 Å². The number of halogens is 1. The van der Waals surface area contributed by atoms with E-state index in [0.717, 1.165) is 25.7 Å². The van der Waals surface area contributed by atoms with Crippen LogP contribution in [-0.4, -0.2) is 31.1 Å². The Morgan fingerprint density at radius 2 is 2.00 bits per heavy atom. The molecule has 0 unspecified atom stereocenters. The molecule has 16 heavy (non-hydrogen) atoms. The lowest BCUT2D eigenvalue weighted by Gasteiger charge is -2.35. The van der Waals surface area contributed by atoms with Crippen LogP contribution in [0.3, 0.4) is 0 Å². The quantitative estimate of drug-likeness (QED) is 0.871. The smallest absolute Gasteiger partial charge is 0.0345 e. The standard InChI is InChI=1S/C13H20N2.ClH/c1-10-4-5-12(11(2)6-10)9-15(3)13-7-14-8-13;/h4-6,13-14H,7-9H2,1-3H3;1H. The lowest BCUT2D eigenvalue weighted by atomic mass is 10.0. The maximum atomic E-state index is 3.31. The summed E-state index contributed by atoms with van der Waals surface area (Å²) in [6.07, 6.45) is 0. The van der Waals surface area contributed by atoms with Gasteiger partial charge in [0.05, 0.1) is 0 Å². The van der Waals surface area contributed by atoms with Crippen LogP contribution in [0.2, 0.25) is 0 Å². The summed E-state index contributed by atoms with van der Waals surface area (Å²) < 4.78 is 0. The van der Waals surface area contributed by atoms with E-state index in [9.17, 15) is 0 Å². The zero-order valence-corrected chi connectivity index (χ0v) is 11.1. The highest BCUT2D eigenvalue weighted by atomic mass is 35.5. The minimum atomic E-state index is 0. The van der Waals surface area contributed by atoms with Gasteiger partial charge in [0.15, 0.2) is 0 Å². The average Bonchev–Trinajstić information content (AvgIpc) is 2.07. The van der Waals surface area contributed by atoms with E-state index in [1.165, 1.54) is 16.7 Å². The first-order valence-electron chi connectivity index (χ1n) is 5.64. The fraction of sp³-hybridized carbons (Fsp3) is 0.538. The predicted octanol–water partition coefficient (Wildman–Crippen LogP) is 2.13. The monoisotopic (exact) mass is 240 g/mol. The first-order valence-corrected chi connectivity index (χ1v) is 5.64. The second-order valence-electron chi connectivity index (χ2n) is 4.66. The average molecular weight is 241 g/mol. The molecule has 2 rings (SSSR count). The SMILES string of the molecule is Cc1ccc(CN(C)C2CNC2)c(C)c1.Cl. The molecule has 3 heteroatoms. The summed E-state index contributed by atoms with van der Waals surface area (Å²) in [5, 5.41) is 3.31. The molecular weight excluding hydrogens is 220 g/mol. The van der Waals surface area contributed by atoms with Crippen molar-refractivity contribution in [1.82, 2.24) is 10.2 Å². The topological polar surface area (TPSA) is 15.3 Å². The summed E-state index contributed by atoms with van der Waals surface area (Å²) in [6, 6.07) is 7.45. The largest absolute Gasteiger partial charge is 0.314 e. The lowest BCUT2D eigenvalue weighted by Crippen LogP contribution is -2.55. The van der Waals surface area contributed by atoms with Crippen molar-refractivity contribution in [2.45, 2.75) is 26.4 Å². The lowest BCUT2D eigenvalue weighted by molar-refractivity contribution is 0.173. The van der Waals surface area contributed by atoms with Crippen molar-refractivity contribution in [3.8, 4) is 0 Å². The Morgan fingerprint density at radius 1 is 1.31 bits per heavy atom. The summed E-state index contributed by atoms with van der Waals surface area (Å²) in [7, 11) is 2.21. The van der Waals surface area contributed by atoms with Gasteiger partial charge in [-0.2, -0.15) is 0 Å². The van der Waals surface area contributed by atoms with Crippen molar-refractivity contribution in [2.24, 2.45) is 0 Å². The molecule has 0 amide bonds. The van der Waals surface area contributed by atoms with Crippen LogP contribution in [0.25, 0.3) is 0 Å². The summed E-state index contributed by atoms with van der Waals surface area (Å²) in [4.78, 5) is 2.44. The Morgan fingerprint density at radius 3 is 2.50 bits per heavy atom. The van der Waals surface area contributed by atoms with Crippen LogP contribution in [0.15, 0.2) is 18.2 Å². The molecule has 0 radical (unpaired) electrons. The van der Waals surface area contributed by atoms with E-state index in [-0.39, 0.29) is 12.4 Å². The Labute approximate surface area is 104 Å². The fourth-order valence-electron chi connectivity index (χ4n) is 2.01. The third-order valence-electron chi connectivity index (χ3n) is 3.30. The fourth-order valence-corrected chi connectivity index (χ4v) is 2.01. The molecule has 0 aromatic heterocycles. The Hall–Kier alpha value is -0.570. The molecule has 0 aliphatic carbocycles. The van der Waals surface area contributed by atoms with E-state index in [0.29, 0.717) is 0 Å². The summed E-state index contributed by atoms with van der Waals surface area (Å²) in [6.45, 7) is 7.70. The van der Waals surface area contributed by atoms with Gasteiger partial charge in [-0.1, -0.05) is 23.8 Å². The number of rotatable bonds is 3. The molecule has 1 aliphatic heterocycles. The molecule has 1 aromatic carbocycles. The van der Waals surface area contributed by atoms with Gasteiger partial charge in [-0.3, -0.25) is 4.90 Å². The zero-order chi connectivity index (χ0) is 10.8. The van der Waals surface area contributed by atoms with Crippen molar-refractivity contribution in [2.75, 3.05) is 20.1 Å². The molecule has 0 atom stereocenters. The Bertz CT molecular complexity index is 348. The van der Waals surface area contributed by atoms with Gasteiger partial charge >= 0.3 is 0 Å². The molecule has 0 saturated carbocycles. The zero-order valence-electron chi connectivity index (χ0n) is 10.3. The van der Waals surface area contributed by atoms with E-state index in [4.69, 9.17) is 0 Å². The Balaban J connectivity index is 0.00000128. The number of nitrogens with one attached hydrogen (secondary N) is 1. The van der Waals surface area contributed by atoms with Crippen molar-refractivity contribution in [3.63, 3.8) is 0 Å². The molecule has 1 aliphatic rings. The van der Waals surface area contributed by atoms with E-state index in [2.05, 4.69) is 49.3 Å². The van der Waals surface area contributed by atoms with Crippen LogP contribution in [0, 0.1) is 13.8 Å². The molecule has 2 nitrogen and oxygen atoms in total. The first-order chi connectivity index (χ1) is 7.16. The number of nitrogens with zero attached hydrogens (tertiary/aromatic N) is 1. The van der Waals surface area contributed by atoms with Crippen molar-refractivity contribution >= 4 is 12.4 Å². The molecule has 0 bridgehead atoms. The number of benzene rings is 1. The maximum absolute atomic E-state index is 3.31. The molecule has 1 heterocycles. The van der Waals surface area contributed by atoms with E-state index < -0.39 is 0 Å². The number of hydrogen-bond donors (Lipinski definition) is 1. The molecule has 1 saturated heterocycles. The molecule has 1 fully saturated rings. The van der Waals surface area contributed by atoms with Crippen molar-refractivity contribution in [1.29, 1.82) is 0 Å². The van der Waals surface area contributed by atoms with Gasteiger partial charge < -0.3 is 5.32 Å². The van der Waals surface area contributed by atoms with Crippen LogP contribution >= 0.6 is 12.4 Å². The summed E-state index contributed by atoms with van der Waals surface area (Å²) >= 11 is 0. The number of aryl methyl sites for hydroxylation is 2. The highest BCUT2D eigenvalue weighted by Gasteiger charge is 2.21. The van der Waals surface area contributed by atoms with Crippen LogP contribution in [0.4, 0.5) is 0 Å².